The molecule has 6 nitrogen and oxygen atoms in total. The van der Waals surface area contributed by atoms with Gasteiger partial charge in [0.25, 0.3) is 0 Å². The Balaban J connectivity index is 2.23. The molecular weight excluding hydrogens is 212 g/mol. The summed E-state index contributed by atoms with van der Waals surface area (Å²) in [5.74, 6) is 0.371. The molecule has 1 heterocycles. The minimum Gasteiger partial charge on any atom is -0.450 e. The molecule has 0 aromatic rings. The van der Waals surface area contributed by atoms with Gasteiger partial charge >= 0.3 is 6.09 Å². The van der Waals surface area contributed by atoms with Crippen LogP contribution < -0.4 is 0 Å². The number of piperidine rings is 1. The zero-order chi connectivity index (χ0) is 12.0. The van der Waals surface area contributed by atoms with E-state index in [9.17, 15) is 14.9 Å². The predicted octanol–water partition coefficient (Wildman–Crippen LogP) is 1.52. The molecule has 1 rings (SSSR count). The third-order valence-electron chi connectivity index (χ3n) is 2.86. The number of rotatable bonds is 4. The lowest BCUT2D eigenvalue weighted by Crippen LogP contribution is -2.39. The Morgan fingerprint density at radius 3 is 2.62 bits per heavy atom. The summed E-state index contributed by atoms with van der Waals surface area (Å²) in [4.78, 5) is 23.0. The Morgan fingerprint density at radius 1 is 1.50 bits per heavy atom. The molecule has 92 valence electrons. The van der Waals surface area contributed by atoms with Crippen molar-refractivity contribution in [2.45, 2.75) is 26.2 Å². The lowest BCUT2D eigenvalue weighted by molar-refractivity contribution is -0.481. The number of nitro groups is 1. The van der Waals surface area contributed by atoms with Crippen molar-refractivity contribution in [2.24, 2.45) is 5.92 Å². The number of amides is 1. The Labute approximate surface area is 94.7 Å². The van der Waals surface area contributed by atoms with Crippen molar-refractivity contribution in [2.75, 3.05) is 26.2 Å². The third-order valence-corrected chi connectivity index (χ3v) is 2.86. The second kappa shape index (κ2) is 6.30. The summed E-state index contributed by atoms with van der Waals surface area (Å²) in [6, 6.07) is 0. The van der Waals surface area contributed by atoms with Crippen LogP contribution >= 0.6 is 0 Å². The maximum Gasteiger partial charge on any atom is 0.409 e. The summed E-state index contributed by atoms with van der Waals surface area (Å²) in [7, 11) is 0. The molecule has 0 spiro atoms. The molecule has 0 bridgehead atoms. The summed E-state index contributed by atoms with van der Waals surface area (Å²) in [5.41, 5.74) is 0. The van der Waals surface area contributed by atoms with Crippen LogP contribution in [0.2, 0.25) is 0 Å². The minimum atomic E-state index is -0.280. The van der Waals surface area contributed by atoms with Crippen LogP contribution in [0.3, 0.4) is 0 Å². The maximum absolute atomic E-state index is 11.4. The van der Waals surface area contributed by atoms with Crippen LogP contribution in [0, 0.1) is 16.0 Å². The Kier molecular flexibility index (Phi) is 5.01. The highest BCUT2D eigenvalue weighted by molar-refractivity contribution is 5.67. The predicted molar refractivity (Wildman–Crippen MR) is 57.8 cm³/mol. The van der Waals surface area contributed by atoms with Gasteiger partial charge in [-0.05, 0) is 25.7 Å². The van der Waals surface area contributed by atoms with Crippen LogP contribution in [0.25, 0.3) is 0 Å². The molecular formula is C10H18N2O4. The zero-order valence-electron chi connectivity index (χ0n) is 9.55. The van der Waals surface area contributed by atoms with Gasteiger partial charge in [-0.3, -0.25) is 10.1 Å². The number of nitrogens with zero attached hydrogens (tertiary/aromatic N) is 2. The molecule has 0 aromatic heterocycles. The van der Waals surface area contributed by atoms with Gasteiger partial charge in [0.2, 0.25) is 6.54 Å². The lowest BCUT2D eigenvalue weighted by atomic mass is 9.94. The number of ether oxygens (including phenoxy) is 1. The van der Waals surface area contributed by atoms with Crippen LogP contribution in [-0.4, -0.2) is 42.2 Å². The monoisotopic (exact) mass is 230 g/mol. The van der Waals surface area contributed by atoms with E-state index in [1.165, 1.54) is 0 Å². The van der Waals surface area contributed by atoms with Crippen molar-refractivity contribution in [1.82, 2.24) is 4.90 Å². The molecule has 1 fully saturated rings. The molecule has 0 aromatic carbocycles. The first-order valence-electron chi connectivity index (χ1n) is 5.67. The molecule has 0 saturated carbocycles. The van der Waals surface area contributed by atoms with E-state index >= 15 is 0 Å². The highest BCUT2D eigenvalue weighted by atomic mass is 16.6. The summed E-state index contributed by atoms with van der Waals surface area (Å²) in [6.45, 7) is 3.51. The molecule has 1 amide bonds. The van der Waals surface area contributed by atoms with E-state index < -0.39 is 0 Å². The fraction of sp³-hybridized carbons (Fsp3) is 0.900. The molecule has 0 N–H and O–H groups in total. The van der Waals surface area contributed by atoms with Gasteiger partial charge < -0.3 is 9.64 Å². The van der Waals surface area contributed by atoms with E-state index in [2.05, 4.69) is 0 Å². The smallest absolute Gasteiger partial charge is 0.409 e. The number of hydrogen-bond acceptors (Lipinski definition) is 4. The fourth-order valence-electron chi connectivity index (χ4n) is 1.91. The summed E-state index contributed by atoms with van der Waals surface area (Å²) in [6.07, 6.45) is 2.03. The van der Waals surface area contributed by atoms with Gasteiger partial charge in [0, 0.05) is 24.4 Å². The first-order chi connectivity index (χ1) is 7.63. The van der Waals surface area contributed by atoms with Crippen LogP contribution in [-0.2, 0) is 4.74 Å². The van der Waals surface area contributed by atoms with Crippen LogP contribution in [0.4, 0.5) is 4.79 Å². The van der Waals surface area contributed by atoms with Gasteiger partial charge in [-0.2, -0.15) is 0 Å². The van der Waals surface area contributed by atoms with E-state index in [1.807, 2.05) is 0 Å². The quantitative estimate of drug-likeness (QED) is 0.542. The SMILES string of the molecule is CCOC(=O)N1CCC(CC[N+](=O)[O-])CC1. The van der Waals surface area contributed by atoms with Crippen LogP contribution in [0.5, 0.6) is 0 Å². The zero-order valence-corrected chi connectivity index (χ0v) is 9.55. The first-order valence-corrected chi connectivity index (χ1v) is 5.67. The molecule has 0 atom stereocenters. The Morgan fingerprint density at radius 2 is 2.12 bits per heavy atom. The van der Waals surface area contributed by atoms with E-state index in [0.717, 1.165) is 12.8 Å². The lowest BCUT2D eigenvalue weighted by Gasteiger charge is -2.30. The van der Waals surface area contributed by atoms with E-state index in [-0.39, 0.29) is 17.6 Å². The summed E-state index contributed by atoms with van der Waals surface area (Å²) >= 11 is 0. The standard InChI is InChI=1S/C10H18N2O4/c1-2-16-10(13)11-6-3-9(4-7-11)5-8-12(14)15/h9H,2-8H2,1H3. The van der Waals surface area contributed by atoms with Crippen molar-refractivity contribution in [3.63, 3.8) is 0 Å². The number of carbonyl (C=O) groups excluding carboxylic acids is 1. The van der Waals surface area contributed by atoms with Gasteiger partial charge in [-0.25, -0.2) is 4.79 Å². The van der Waals surface area contributed by atoms with Crippen LogP contribution in [0.1, 0.15) is 26.2 Å². The number of hydrogen-bond donors (Lipinski definition) is 0. The molecule has 1 aliphatic heterocycles. The van der Waals surface area contributed by atoms with Crippen molar-refractivity contribution in [3.8, 4) is 0 Å². The maximum atomic E-state index is 11.4. The molecule has 0 radical (unpaired) electrons. The first kappa shape index (κ1) is 12.7. The molecule has 6 heteroatoms. The Bertz CT molecular complexity index is 249. The van der Waals surface area contributed by atoms with Crippen molar-refractivity contribution in [1.29, 1.82) is 0 Å². The fourth-order valence-corrected chi connectivity index (χ4v) is 1.91. The van der Waals surface area contributed by atoms with Gasteiger partial charge in [0.05, 0.1) is 6.61 Å². The van der Waals surface area contributed by atoms with Gasteiger partial charge in [-0.15, -0.1) is 0 Å². The van der Waals surface area contributed by atoms with Crippen molar-refractivity contribution < 1.29 is 14.5 Å². The van der Waals surface area contributed by atoms with Crippen LogP contribution in [0.15, 0.2) is 0 Å². The van der Waals surface area contributed by atoms with E-state index in [1.54, 1.807) is 11.8 Å². The van der Waals surface area contributed by atoms with Gasteiger partial charge in [-0.1, -0.05) is 0 Å². The largest absolute Gasteiger partial charge is 0.450 e. The second-order valence-electron chi connectivity index (χ2n) is 3.97. The molecule has 16 heavy (non-hydrogen) atoms. The van der Waals surface area contributed by atoms with Crippen molar-refractivity contribution >= 4 is 6.09 Å². The average Bonchev–Trinajstić information content (AvgIpc) is 2.27. The molecule has 1 saturated heterocycles. The highest BCUT2D eigenvalue weighted by Crippen LogP contribution is 2.20. The summed E-state index contributed by atoms with van der Waals surface area (Å²) < 4.78 is 4.89. The van der Waals surface area contributed by atoms with Crippen molar-refractivity contribution in [3.05, 3.63) is 10.1 Å². The Hall–Kier alpha value is -1.33. The van der Waals surface area contributed by atoms with Gasteiger partial charge in [0.15, 0.2) is 0 Å². The summed E-state index contributed by atoms with van der Waals surface area (Å²) in [5, 5.41) is 10.2. The number of likely N-dealkylation sites (tertiary alicyclic amines) is 1. The topological polar surface area (TPSA) is 72.7 Å². The average molecular weight is 230 g/mol. The third kappa shape index (κ3) is 4.04. The minimum absolute atomic E-state index is 0.0318. The molecule has 1 aliphatic rings. The van der Waals surface area contributed by atoms with Gasteiger partial charge in [0.1, 0.15) is 0 Å². The normalized spacial score (nSPS) is 17.2. The highest BCUT2D eigenvalue weighted by Gasteiger charge is 2.24. The molecule has 0 aliphatic carbocycles. The molecule has 0 unspecified atom stereocenters. The van der Waals surface area contributed by atoms with E-state index in [4.69, 9.17) is 4.74 Å². The van der Waals surface area contributed by atoms with E-state index in [0.29, 0.717) is 32.0 Å². The second-order valence-corrected chi connectivity index (χ2v) is 3.97. The number of carbonyl (C=O) groups is 1.